The zero-order valence-corrected chi connectivity index (χ0v) is 16.6. The van der Waals surface area contributed by atoms with Gasteiger partial charge in [-0.3, -0.25) is 0 Å². The van der Waals surface area contributed by atoms with E-state index in [0.29, 0.717) is 30.6 Å². The van der Waals surface area contributed by atoms with Crippen molar-refractivity contribution >= 4 is 34.0 Å². The number of aromatic nitrogens is 2. The van der Waals surface area contributed by atoms with Crippen molar-refractivity contribution in [1.29, 1.82) is 0 Å². The number of anilines is 1. The number of benzene rings is 1. The number of halogens is 3. The first-order chi connectivity index (χ1) is 14.0. The Morgan fingerprint density at radius 3 is 2.66 bits per heavy atom. The summed E-state index contributed by atoms with van der Waals surface area (Å²) in [6.45, 7) is 3.80. The van der Waals surface area contributed by atoms with Crippen LogP contribution in [0, 0.1) is 0 Å². The molecule has 3 aromatic rings. The van der Waals surface area contributed by atoms with Gasteiger partial charge >= 0.3 is 6.18 Å². The number of hydrogen-bond donors (Lipinski definition) is 3. The summed E-state index contributed by atoms with van der Waals surface area (Å²) < 4.78 is 37.9. The molecule has 0 bridgehead atoms. The summed E-state index contributed by atoms with van der Waals surface area (Å²) in [4.78, 5) is 12.4. The molecule has 0 aliphatic heterocycles. The van der Waals surface area contributed by atoms with Crippen LogP contribution in [0.1, 0.15) is 17.6 Å². The lowest BCUT2D eigenvalue weighted by atomic mass is 10.2. The van der Waals surface area contributed by atoms with Crippen molar-refractivity contribution in [2.24, 2.45) is 4.99 Å². The van der Waals surface area contributed by atoms with Gasteiger partial charge in [0.15, 0.2) is 11.7 Å². The van der Waals surface area contributed by atoms with E-state index in [9.17, 15) is 13.2 Å². The van der Waals surface area contributed by atoms with Gasteiger partial charge in [0.1, 0.15) is 10.8 Å². The molecule has 2 aromatic heterocycles. The maximum absolute atomic E-state index is 12.6. The Hall–Kier alpha value is -2.88. The van der Waals surface area contributed by atoms with E-state index in [1.807, 2.05) is 43.3 Å². The molecule has 3 N–H and O–H groups in total. The first-order valence-corrected chi connectivity index (χ1v) is 9.97. The molecule has 0 atom stereocenters. The van der Waals surface area contributed by atoms with Crippen LogP contribution < -0.4 is 16.0 Å². The lowest BCUT2D eigenvalue weighted by molar-refractivity contribution is -0.140. The van der Waals surface area contributed by atoms with Crippen LogP contribution in [0.2, 0.25) is 0 Å². The molecule has 0 radical (unpaired) electrons. The summed E-state index contributed by atoms with van der Waals surface area (Å²) in [7, 11) is 0. The molecule has 6 nitrogen and oxygen atoms in total. The fourth-order valence-electron chi connectivity index (χ4n) is 2.54. The van der Waals surface area contributed by atoms with Gasteiger partial charge in [0.2, 0.25) is 0 Å². The maximum Gasteiger partial charge on any atom is 0.434 e. The highest BCUT2D eigenvalue weighted by molar-refractivity contribution is 7.09. The molecule has 0 amide bonds. The first-order valence-electron chi connectivity index (χ1n) is 9.09. The molecule has 0 aliphatic carbocycles. The van der Waals surface area contributed by atoms with Crippen LogP contribution in [0.5, 0.6) is 0 Å². The highest BCUT2D eigenvalue weighted by atomic mass is 32.1. The van der Waals surface area contributed by atoms with Crippen molar-refractivity contribution < 1.29 is 13.2 Å². The molecule has 2 heterocycles. The number of nitrogens with one attached hydrogen (secondary N) is 3. The molecule has 0 aliphatic rings. The second-order valence-electron chi connectivity index (χ2n) is 6.06. The van der Waals surface area contributed by atoms with E-state index < -0.39 is 11.9 Å². The van der Waals surface area contributed by atoms with E-state index in [2.05, 4.69) is 30.9 Å². The van der Waals surface area contributed by atoms with Crippen molar-refractivity contribution in [1.82, 2.24) is 20.6 Å². The lowest BCUT2D eigenvalue weighted by Gasteiger charge is -2.12. The summed E-state index contributed by atoms with van der Waals surface area (Å²) >= 11 is 0.949. The van der Waals surface area contributed by atoms with Crippen molar-refractivity contribution in [3.05, 3.63) is 52.5 Å². The molecule has 0 saturated carbocycles. The third-order valence-electron chi connectivity index (χ3n) is 3.88. The first kappa shape index (κ1) is 20.8. The van der Waals surface area contributed by atoms with Gasteiger partial charge in [-0.05, 0) is 25.1 Å². The number of guanidine groups is 1. The lowest BCUT2D eigenvalue weighted by Crippen LogP contribution is -2.39. The Labute approximate surface area is 170 Å². The number of pyridine rings is 1. The summed E-state index contributed by atoms with van der Waals surface area (Å²) in [5.41, 5.74) is 0.0415. The van der Waals surface area contributed by atoms with Gasteiger partial charge in [-0.15, -0.1) is 11.3 Å². The Morgan fingerprint density at radius 2 is 1.90 bits per heavy atom. The van der Waals surface area contributed by atoms with Gasteiger partial charge < -0.3 is 16.0 Å². The Balaban J connectivity index is 1.50. The average Bonchev–Trinajstić information content (AvgIpc) is 3.19. The minimum absolute atomic E-state index is 0.0791. The number of rotatable bonds is 7. The number of nitrogens with zero attached hydrogens (tertiary/aromatic N) is 3. The molecule has 0 unspecified atom stereocenters. The SMILES string of the molecule is CCNC(=NCc1nc(C(F)(F)F)cs1)NCCNc1ccc2ccccc2n1. The molecule has 154 valence electrons. The van der Waals surface area contributed by atoms with E-state index in [1.54, 1.807) is 0 Å². The number of para-hydroxylation sites is 1. The fourth-order valence-corrected chi connectivity index (χ4v) is 3.26. The van der Waals surface area contributed by atoms with E-state index in [1.165, 1.54) is 0 Å². The summed E-state index contributed by atoms with van der Waals surface area (Å²) in [5.74, 6) is 1.29. The molecular weight excluding hydrogens is 401 g/mol. The van der Waals surface area contributed by atoms with Crippen molar-refractivity contribution in [3.63, 3.8) is 0 Å². The molecular formula is C19H21F3N6S. The molecule has 0 spiro atoms. The third kappa shape index (κ3) is 6.05. The van der Waals surface area contributed by atoms with Crippen LogP contribution in [0.4, 0.5) is 19.0 Å². The van der Waals surface area contributed by atoms with Crippen molar-refractivity contribution in [2.45, 2.75) is 19.6 Å². The molecule has 29 heavy (non-hydrogen) atoms. The van der Waals surface area contributed by atoms with Crippen molar-refractivity contribution in [3.8, 4) is 0 Å². The minimum Gasteiger partial charge on any atom is -0.368 e. The topological polar surface area (TPSA) is 74.2 Å². The average molecular weight is 422 g/mol. The van der Waals surface area contributed by atoms with Crippen LogP contribution in [-0.4, -0.2) is 35.6 Å². The van der Waals surface area contributed by atoms with Crippen LogP contribution >= 0.6 is 11.3 Å². The number of fused-ring (bicyclic) bond motifs is 1. The monoisotopic (exact) mass is 422 g/mol. The molecule has 10 heteroatoms. The summed E-state index contributed by atoms with van der Waals surface area (Å²) in [6, 6.07) is 11.8. The van der Waals surface area contributed by atoms with Gasteiger partial charge in [0.05, 0.1) is 12.1 Å². The highest BCUT2D eigenvalue weighted by Gasteiger charge is 2.33. The number of thiazole rings is 1. The normalized spacial score (nSPS) is 12.2. The second kappa shape index (κ2) is 9.55. The van der Waals surface area contributed by atoms with Gasteiger partial charge in [-0.1, -0.05) is 18.2 Å². The third-order valence-corrected chi connectivity index (χ3v) is 4.71. The highest BCUT2D eigenvalue weighted by Crippen LogP contribution is 2.30. The Bertz CT molecular complexity index is 970. The van der Waals surface area contributed by atoms with Gasteiger partial charge in [0, 0.05) is 30.4 Å². The zero-order valence-electron chi connectivity index (χ0n) is 15.8. The van der Waals surface area contributed by atoms with Crippen LogP contribution in [0.3, 0.4) is 0 Å². The Morgan fingerprint density at radius 1 is 1.07 bits per heavy atom. The van der Waals surface area contributed by atoms with Gasteiger partial charge in [-0.25, -0.2) is 15.0 Å². The Kier molecular flexibility index (Phi) is 6.86. The molecule has 1 aromatic carbocycles. The zero-order chi connectivity index (χ0) is 20.7. The van der Waals surface area contributed by atoms with Crippen LogP contribution in [-0.2, 0) is 12.7 Å². The smallest absolute Gasteiger partial charge is 0.368 e. The predicted octanol–water partition coefficient (Wildman–Crippen LogP) is 3.88. The standard InChI is InChI=1S/C19H21F3N6S/c1-2-23-18(26-11-17-28-15(12-29-17)19(20,21)22)25-10-9-24-16-8-7-13-5-3-4-6-14(13)27-16/h3-8,12H,2,9-11H2,1H3,(H,24,27)(H2,23,25,26). The van der Waals surface area contributed by atoms with E-state index >= 15 is 0 Å². The van der Waals surface area contributed by atoms with Crippen molar-refractivity contribution in [2.75, 3.05) is 25.0 Å². The van der Waals surface area contributed by atoms with Gasteiger partial charge in [0.25, 0.3) is 0 Å². The number of hydrogen-bond acceptors (Lipinski definition) is 5. The summed E-state index contributed by atoms with van der Waals surface area (Å²) in [6.07, 6.45) is -4.43. The molecule has 0 saturated heterocycles. The van der Waals surface area contributed by atoms with Gasteiger partial charge in [-0.2, -0.15) is 13.2 Å². The van der Waals surface area contributed by atoms with Crippen LogP contribution in [0.15, 0.2) is 46.8 Å². The number of aliphatic imine (C=N–C) groups is 1. The molecule has 3 rings (SSSR count). The predicted molar refractivity (Wildman–Crippen MR) is 110 cm³/mol. The maximum atomic E-state index is 12.6. The quantitative estimate of drug-likeness (QED) is 0.306. The second-order valence-corrected chi connectivity index (χ2v) is 7.00. The van der Waals surface area contributed by atoms with E-state index in [0.717, 1.165) is 33.4 Å². The molecule has 0 fully saturated rings. The number of alkyl halides is 3. The minimum atomic E-state index is -4.43. The largest absolute Gasteiger partial charge is 0.434 e. The van der Waals surface area contributed by atoms with E-state index in [4.69, 9.17) is 0 Å². The van der Waals surface area contributed by atoms with Crippen LogP contribution in [0.25, 0.3) is 10.9 Å². The fraction of sp³-hybridized carbons (Fsp3) is 0.316. The summed E-state index contributed by atoms with van der Waals surface area (Å²) in [5, 5.41) is 11.8. The van der Waals surface area contributed by atoms with E-state index in [-0.39, 0.29) is 6.54 Å².